The molecule has 0 fully saturated rings. The standard InChI is InChI=1S/C10H14O10/c11-3-4(12)7(16)8(17)9(18)10(19)20-6(15)2-1-5(13)14/h1-2,4,7-9,11-12,16-18H,3H2,(H,13,14)/t4-,7+,8-,9-/m0/s1. The molecule has 0 aromatic rings. The molecule has 0 spiro atoms. The van der Waals surface area contributed by atoms with E-state index in [1.165, 1.54) is 0 Å². The van der Waals surface area contributed by atoms with Crippen molar-refractivity contribution in [2.45, 2.75) is 24.4 Å². The van der Waals surface area contributed by atoms with Gasteiger partial charge in [0.05, 0.1) is 6.61 Å². The zero-order valence-electron chi connectivity index (χ0n) is 9.99. The van der Waals surface area contributed by atoms with E-state index in [1.54, 1.807) is 0 Å². The Kier molecular flexibility index (Phi) is 7.57. The summed E-state index contributed by atoms with van der Waals surface area (Å²) < 4.78 is 3.95. The molecule has 10 heteroatoms. The molecule has 0 heterocycles. The van der Waals surface area contributed by atoms with Crippen molar-refractivity contribution < 1.29 is 49.8 Å². The summed E-state index contributed by atoms with van der Waals surface area (Å²) in [6, 6.07) is 0. The Bertz CT molecular complexity index is 389. The highest BCUT2D eigenvalue weighted by atomic mass is 16.6. The second-order valence-corrected chi connectivity index (χ2v) is 3.59. The first kappa shape index (κ1) is 18.1. The average molecular weight is 294 g/mol. The number of hydrogen-bond donors (Lipinski definition) is 6. The summed E-state index contributed by atoms with van der Waals surface area (Å²) in [6.07, 6.45) is -7.72. The van der Waals surface area contributed by atoms with Gasteiger partial charge in [-0.3, -0.25) is 0 Å². The van der Waals surface area contributed by atoms with Gasteiger partial charge in [-0.2, -0.15) is 0 Å². The zero-order chi connectivity index (χ0) is 15.9. The van der Waals surface area contributed by atoms with Crippen molar-refractivity contribution >= 4 is 17.9 Å². The highest BCUT2D eigenvalue weighted by Gasteiger charge is 2.35. The van der Waals surface area contributed by atoms with Crippen molar-refractivity contribution in [3.05, 3.63) is 12.2 Å². The lowest BCUT2D eigenvalue weighted by Gasteiger charge is -2.23. The van der Waals surface area contributed by atoms with Gasteiger partial charge in [0, 0.05) is 12.2 Å². The molecular formula is C10H14O10. The van der Waals surface area contributed by atoms with E-state index in [0.717, 1.165) is 0 Å². The molecular weight excluding hydrogens is 280 g/mol. The molecule has 0 amide bonds. The second kappa shape index (κ2) is 8.35. The quantitative estimate of drug-likeness (QED) is 0.154. The number of carbonyl (C=O) groups excluding carboxylic acids is 2. The number of ether oxygens (including phenoxy) is 1. The summed E-state index contributed by atoms with van der Waals surface area (Å²) in [4.78, 5) is 32.1. The highest BCUT2D eigenvalue weighted by Crippen LogP contribution is 2.06. The predicted molar refractivity (Wildman–Crippen MR) is 59.0 cm³/mol. The smallest absolute Gasteiger partial charge is 0.345 e. The molecule has 0 aliphatic rings. The lowest BCUT2D eigenvalue weighted by molar-refractivity contribution is -0.174. The number of aliphatic carboxylic acids is 1. The number of carboxylic acids is 1. The summed E-state index contributed by atoms with van der Waals surface area (Å²) in [7, 11) is 0. The molecule has 20 heavy (non-hydrogen) atoms. The van der Waals surface area contributed by atoms with E-state index in [0.29, 0.717) is 12.2 Å². The maximum atomic E-state index is 11.2. The summed E-state index contributed by atoms with van der Waals surface area (Å²) in [5, 5.41) is 53.5. The number of aliphatic hydroxyl groups is 5. The van der Waals surface area contributed by atoms with E-state index < -0.39 is 48.9 Å². The fourth-order valence-electron chi connectivity index (χ4n) is 0.995. The third kappa shape index (κ3) is 5.86. The second-order valence-electron chi connectivity index (χ2n) is 3.59. The van der Waals surface area contributed by atoms with Crippen LogP contribution in [0.2, 0.25) is 0 Å². The first-order chi connectivity index (χ1) is 9.20. The molecule has 6 N–H and O–H groups in total. The minimum Gasteiger partial charge on any atom is -0.478 e. The highest BCUT2D eigenvalue weighted by molar-refractivity contribution is 5.97. The van der Waals surface area contributed by atoms with Crippen LogP contribution in [0.3, 0.4) is 0 Å². The normalized spacial score (nSPS) is 17.2. The Morgan fingerprint density at radius 1 is 1.00 bits per heavy atom. The van der Waals surface area contributed by atoms with Gasteiger partial charge in [-0.1, -0.05) is 0 Å². The van der Waals surface area contributed by atoms with Crippen LogP contribution in [-0.4, -0.2) is 79.6 Å². The van der Waals surface area contributed by atoms with Gasteiger partial charge in [-0.15, -0.1) is 0 Å². The lowest BCUT2D eigenvalue weighted by Crippen LogP contribution is -2.49. The first-order valence-electron chi connectivity index (χ1n) is 5.20. The van der Waals surface area contributed by atoms with Crippen LogP contribution >= 0.6 is 0 Å². The summed E-state index contributed by atoms with van der Waals surface area (Å²) in [6.45, 7) is -0.944. The van der Waals surface area contributed by atoms with E-state index in [2.05, 4.69) is 4.74 Å². The van der Waals surface area contributed by atoms with Gasteiger partial charge in [0.25, 0.3) is 0 Å². The number of carbonyl (C=O) groups is 3. The van der Waals surface area contributed by atoms with Crippen LogP contribution in [0.15, 0.2) is 12.2 Å². The van der Waals surface area contributed by atoms with E-state index in [9.17, 15) is 29.7 Å². The van der Waals surface area contributed by atoms with Crippen molar-refractivity contribution in [2.24, 2.45) is 0 Å². The molecule has 114 valence electrons. The van der Waals surface area contributed by atoms with Gasteiger partial charge >= 0.3 is 17.9 Å². The average Bonchev–Trinajstić information content (AvgIpc) is 2.41. The maximum absolute atomic E-state index is 11.2. The van der Waals surface area contributed by atoms with Gasteiger partial charge < -0.3 is 35.4 Å². The monoisotopic (exact) mass is 294 g/mol. The van der Waals surface area contributed by atoms with Gasteiger partial charge in [0.15, 0.2) is 6.10 Å². The first-order valence-corrected chi connectivity index (χ1v) is 5.20. The van der Waals surface area contributed by atoms with E-state index in [4.69, 9.17) is 15.3 Å². The summed E-state index contributed by atoms with van der Waals surface area (Å²) in [5.74, 6) is -4.56. The van der Waals surface area contributed by atoms with Crippen molar-refractivity contribution in [2.75, 3.05) is 6.61 Å². The molecule has 0 radical (unpaired) electrons. The van der Waals surface area contributed by atoms with Gasteiger partial charge in [0.2, 0.25) is 0 Å². The molecule has 0 bridgehead atoms. The fourth-order valence-corrected chi connectivity index (χ4v) is 0.995. The Balaban J connectivity index is 4.54. The van der Waals surface area contributed by atoms with E-state index in [-0.39, 0.29) is 0 Å². The zero-order valence-corrected chi connectivity index (χ0v) is 9.99. The molecule has 0 rings (SSSR count). The largest absolute Gasteiger partial charge is 0.478 e. The van der Waals surface area contributed by atoms with Crippen LogP contribution in [0, 0.1) is 0 Å². The van der Waals surface area contributed by atoms with Crippen molar-refractivity contribution in [1.29, 1.82) is 0 Å². The molecule has 0 aliphatic heterocycles. The minimum atomic E-state index is -2.38. The minimum absolute atomic E-state index is 0.378. The Morgan fingerprint density at radius 3 is 2.00 bits per heavy atom. The molecule has 4 atom stereocenters. The summed E-state index contributed by atoms with van der Waals surface area (Å²) in [5.41, 5.74) is 0. The Morgan fingerprint density at radius 2 is 1.55 bits per heavy atom. The SMILES string of the molecule is O=C(O)C=CC(=O)OC(=O)[C@@H](O)[C@@H](O)[C@H](O)[C@@H](O)CO. The predicted octanol–water partition coefficient (Wildman–Crippen LogP) is -3.87. The van der Waals surface area contributed by atoms with Gasteiger partial charge in [-0.05, 0) is 0 Å². The van der Waals surface area contributed by atoms with Crippen molar-refractivity contribution in [3.63, 3.8) is 0 Å². The van der Waals surface area contributed by atoms with Crippen LogP contribution in [-0.2, 0) is 19.1 Å². The fraction of sp³-hybridized carbons (Fsp3) is 0.500. The van der Waals surface area contributed by atoms with E-state index in [1.807, 2.05) is 0 Å². The number of carboxylic acid groups (broad SMARTS) is 1. The van der Waals surface area contributed by atoms with Crippen LogP contribution in [0.1, 0.15) is 0 Å². The van der Waals surface area contributed by atoms with Crippen molar-refractivity contribution in [1.82, 2.24) is 0 Å². The van der Waals surface area contributed by atoms with Crippen LogP contribution in [0.4, 0.5) is 0 Å². The maximum Gasteiger partial charge on any atom is 0.345 e. The molecule has 0 saturated carbocycles. The number of aliphatic hydroxyl groups excluding tert-OH is 5. The van der Waals surface area contributed by atoms with Crippen LogP contribution in [0.5, 0.6) is 0 Å². The van der Waals surface area contributed by atoms with Crippen LogP contribution in [0.25, 0.3) is 0 Å². The molecule has 0 unspecified atom stereocenters. The number of rotatable bonds is 7. The van der Waals surface area contributed by atoms with Gasteiger partial charge in [-0.25, -0.2) is 14.4 Å². The molecule has 0 aliphatic carbocycles. The number of esters is 2. The molecule has 0 saturated heterocycles. The Labute approximate surface area is 112 Å². The molecule has 0 aromatic carbocycles. The third-order valence-corrected chi connectivity index (χ3v) is 2.06. The Hall–Kier alpha value is -1.85. The van der Waals surface area contributed by atoms with Crippen molar-refractivity contribution in [3.8, 4) is 0 Å². The molecule has 10 nitrogen and oxygen atoms in total. The van der Waals surface area contributed by atoms with E-state index >= 15 is 0 Å². The summed E-state index contributed by atoms with van der Waals surface area (Å²) >= 11 is 0. The third-order valence-electron chi connectivity index (χ3n) is 2.06. The molecule has 0 aromatic heterocycles. The van der Waals surface area contributed by atoms with Crippen LogP contribution < -0.4 is 0 Å². The number of hydrogen-bond acceptors (Lipinski definition) is 9. The van der Waals surface area contributed by atoms with Gasteiger partial charge in [0.1, 0.15) is 18.3 Å². The lowest BCUT2D eigenvalue weighted by atomic mass is 10.0. The topological polar surface area (TPSA) is 182 Å².